The van der Waals surface area contributed by atoms with Crippen LogP contribution in [0.25, 0.3) is 0 Å². The summed E-state index contributed by atoms with van der Waals surface area (Å²) in [6, 6.07) is 15.9. The summed E-state index contributed by atoms with van der Waals surface area (Å²) in [5.41, 5.74) is 0.938. The van der Waals surface area contributed by atoms with Gasteiger partial charge in [0.1, 0.15) is 5.60 Å². The Bertz CT molecular complexity index is 759. The standard InChI is InChI=1S/C19H19NO4/c1-19(16-8-3-2-4-9-16)13-20(10-11-24-19)17(21)14-6-5-7-15(12-14)18(22)23/h2-9,12H,10-11,13H2,1H3,(H,22,23)/t19-/m0/s1. The number of morpholine rings is 1. The van der Waals surface area contributed by atoms with Gasteiger partial charge in [-0.1, -0.05) is 36.4 Å². The molecule has 5 heteroatoms. The Kier molecular flexibility index (Phi) is 4.36. The molecule has 1 aliphatic rings. The lowest BCUT2D eigenvalue weighted by atomic mass is 9.93. The summed E-state index contributed by atoms with van der Waals surface area (Å²) in [5.74, 6) is -1.22. The Morgan fingerprint density at radius 1 is 1.08 bits per heavy atom. The Morgan fingerprint density at radius 2 is 1.79 bits per heavy atom. The van der Waals surface area contributed by atoms with E-state index in [4.69, 9.17) is 9.84 Å². The van der Waals surface area contributed by atoms with E-state index in [1.165, 1.54) is 12.1 Å². The third-order valence-electron chi connectivity index (χ3n) is 4.30. The summed E-state index contributed by atoms with van der Waals surface area (Å²) in [6.45, 7) is 3.32. The average Bonchev–Trinajstić information content (AvgIpc) is 2.62. The number of aromatic carboxylic acids is 1. The van der Waals surface area contributed by atoms with E-state index in [-0.39, 0.29) is 11.5 Å². The van der Waals surface area contributed by atoms with Crippen LogP contribution in [0.2, 0.25) is 0 Å². The summed E-state index contributed by atoms with van der Waals surface area (Å²) in [6.07, 6.45) is 0. The van der Waals surface area contributed by atoms with Gasteiger partial charge in [-0.05, 0) is 30.7 Å². The van der Waals surface area contributed by atoms with Crippen molar-refractivity contribution in [3.05, 3.63) is 71.3 Å². The van der Waals surface area contributed by atoms with E-state index in [2.05, 4.69) is 0 Å². The predicted octanol–water partition coefficient (Wildman–Crippen LogP) is 2.77. The molecule has 24 heavy (non-hydrogen) atoms. The van der Waals surface area contributed by atoms with Gasteiger partial charge >= 0.3 is 5.97 Å². The summed E-state index contributed by atoms with van der Waals surface area (Å²) in [7, 11) is 0. The number of carboxylic acids is 1. The molecule has 1 aliphatic heterocycles. The molecule has 3 rings (SSSR count). The highest BCUT2D eigenvalue weighted by molar-refractivity contribution is 5.97. The lowest BCUT2D eigenvalue weighted by molar-refractivity contribution is -0.0930. The molecule has 0 saturated carbocycles. The van der Waals surface area contributed by atoms with Crippen LogP contribution in [-0.2, 0) is 10.3 Å². The fourth-order valence-electron chi connectivity index (χ4n) is 2.98. The van der Waals surface area contributed by atoms with Crippen LogP contribution >= 0.6 is 0 Å². The van der Waals surface area contributed by atoms with E-state index in [0.717, 1.165) is 5.56 Å². The molecule has 1 atom stereocenters. The second kappa shape index (κ2) is 6.45. The van der Waals surface area contributed by atoms with Crippen molar-refractivity contribution >= 4 is 11.9 Å². The number of carbonyl (C=O) groups excluding carboxylic acids is 1. The van der Waals surface area contributed by atoms with Gasteiger partial charge in [-0.25, -0.2) is 4.79 Å². The average molecular weight is 325 g/mol. The number of hydrogen-bond donors (Lipinski definition) is 1. The highest BCUT2D eigenvalue weighted by atomic mass is 16.5. The SMILES string of the molecule is C[C@@]1(c2ccccc2)CN(C(=O)c2cccc(C(=O)O)c2)CCO1. The van der Waals surface area contributed by atoms with E-state index in [1.807, 2.05) is 37.3 Å². The second-order valence-corrected chi connectivity index (χ2v) is 6.06. The molecular formula is C19H19NO4. The van der Waals surface area contributed by atoms with Gasteiger partial charge in [-0.2, -0.15) is 0 Å². The van der Waals surface area contributed by atoms with Crippen LogP contribution in [-0.4, -0.2) is 41.6 Å². The lowest BCUT2D eigenvalue weighted by Crippen LogP contribution is -2.50. The van der Waals surface area contributed by atoms with E-state index < -0.39 is 11.6 Å². The largest absolute Gasteiger partial charge is 0.478 e. The Labute approximate surface area is 140 Å². The molecule has 1 fully saturated rings. The first-order valence-electron chi connectivity index (χ1n) is 7.82. The van der Waals surface area contributed by atoms with Gasteiger partial charge in [0.05, 0.1) is 18.7 Å². The van der Waals surface area contributed by atoms with E-state index in [9.17, 15) is 9.59 Å². The summed E-state index contributed by atoms with van der Waals surface area (Å²) in [5, 5.41) is 9.09. The number of carbonyl (C=O) groups is 2. The first-order chi connectivity index (χ1) is 11.5. The van der Waals surface area contributed by atoms with Gasteiger partial charge in [-0.15, -0.1) is 0 Å². The van der Waals surface area contributed by atoms with Crippen molar-refractivity contribution < 1.29 is 19.4 Å². The van der Waals surface area contributed by atoms with Crippen LogP contribution in [0.15, 0.2) is 54.6 Å². The minimum atomic E-state index is -1.04. The first kappa shape index (κ1) is 16.2. The molecule has 1 amide bonds. The summed E-state index contributed by atoms with van der Waals surface area (Å²) in [4.78, 5) is 25.6. The van der Waals surface area contributed by atoms with Crippen molar-refractivity contribution in [2.45, 2.75) is 12.5 Å². The molecule has 1 heterocycles. The van der Waals surface area contributed by atoms with Crippen LogP contribution in [0.3, 0.4) is 0 Å². The maximum Gasteiger partial charge on any atom is 0.335 e. The highest BCUT2D eigenvalue weighted by Gasteiger charge is 2.36. The van der Waals surface area contributed by atoms with Crippen LogP contribution in [0, 0.1) is 0 Å². The monoisotopic (exact) mass is 325 g/mol. The van der Waals surface area contributed by atoms with Gasteiger partial charge in [0.25, 0.3) is 5.91 Å². The smallest absolute Gasteiger partial charge is 0.335 e. The zero-order valence-electron chi connectivity index (χ0n) is 13.4. The van der Waals surface area contributed by atoms with Crippen LogP contribution in [0.4, 0.5) is 0 Å². The molecule has 0 unspecified atom stereocenters. The zero-order chi connectivity index (χ0) is 17.2. The van der Waals surface area contributed by atoms with Crippen molar-refractivity contribution in [3.8, 4) is 0 Å². The number of amides is 1. The fraction of sp³-hybridized carbons (Fsp3) is 0.263. The lowest BCUT2D eigenvalue weighted by Gasteiger charge is -2.41. The Morgan fingerprint density at radius 3 is 2.50 bits per heavy atom. The first-order valence-corrected chi connectivity index (χ1v) is 7.82. The molecule has 5 nitrogen and oxygen atoms in total. The molecule has 0 aliphatic carbocycles. The molecule has 0 spiro atoms. The summed E-state index contributed by atoms with van der Waals surface area (Å²) >= 11 is 0. The predicted molar refractivity (Wildman–Crippen MR) is 89.1 cm³/mol. The van der Waals surface area contributed by atoms with Crippen LogP contribution in [0.1, 0.15) is 33.2 Å². The number of ether oxygens (including phenoxy) is 1. The topological polar surface area (TPSA) is 66.8 Å². The second-order valence-electron chi connectivity index (χ2n) is 6.06. The third kappa shape index (κ3) is 3.16. The molecule has 2 aromatic carbocycles. The number of hydrogen-bond acceptors (Lipinski definition) is 3. The van der Waals surface area contributed by atoms with E-state index >= 15 is 0 Å². The molecule has 0 radical (unpaired) electrons. The van der Waals surface area contributed by atoms with Crippen molar-refractivity contribution in [3.63, 3.8) is 0 Å². The van der Waals surface area contributed by atoms with Gasteiger partial charge in [0.15, 0.2) is 0 Å². The van der Waals surface area contributed by atoms with E-state index in [0.29, 0.717) is 25.3 Å². The van der Waals surface area contributed by atoms with E-state index in [1.54, 1.807) is 17.0 Å². The van der Waals surface area contributed by atoms with Crippen molar-refractivity contribution in [2.24, 2.45) is 0 Å². The molecule has 1 saturated heterocycles. The molecule has 0 aromatic heterocycles. The van der Waals surface area contributed by atoms with Gasteiger partial charge in [-0.3, -0.25) is 4.79 Å². The van der Waals surface area contributed by atoms with Gasteiger partial charge in [0, 0.05) is 12.1 Å². The number of rotatable bonds is 3. The highest BCUT2D eigenvalue weighted by Crippen LogP contribution is 2.30. The quantitative estimate of drug-likeness (QED) is 0.942. The number of carboxylic acid groups (broad SMARTS) is 1. The maximum absolute atomic E-state index is 12.8. The van der Waals surface area contributed by atoms with Crippen molar-refractivity contribution in [2.75, 3.05) is 19.7 Å². The minimum Gasteiger partial charge on any atom is -0.478 e. The van der Waals surface area contributed by atoms with Crippen molar-refractivity contribution in [1.29, 1.82) is 0 Å². The Balaban J connectivity index is 1.83. The molecule has 0 bridgehead atoms. The number of benzene rings is 2. The number of nitrogens with zero attached hydrogens (tertiary/aromatic N) is 1. The molecule has 1 N–H and O–H groups in total. The molecule has 124 valence electrons. The van der Waals surface area contributed by atoms with Crippen LogP contribution < -0.4 is 0 Å². The normalized spacial score (nSPS) is 20.6. The van der Waals surface area contributed by atoms with Gasteiger partial charge < -0.3 is 14.7 Å². The minimum absolute atomic E-state index is 0.111. The van der Waals surface area contributed by atoms with Crippen LogP contribution in [0.5, 0.6) is 0 Å². The van der Waals surface area contributed by atoms with Gasteiger partial charge in [0.2, 0.25) is 0 Å². The Hall–Kier alpha value is -2.66. The third-order valence-corrected chi connectivity index (χ3v) is 4.30. The van der Waals surface area contributed by atoms with Crippen molar-refractivity contribution in [1.82, 2.24) is 4.90 Å². The fourth-order valence-corrected chi connectivity index (χ4v) is 2.98. The molecule has 2 aromatic rings. The molecular weight excluding hydrogens is 306 g/mol. The maximum atomic E-state index is 12.8. The summed E-state index contributed by atoms with van der Waals surface area (Å²) < 4.78 is 5.94. The zero-order valence-corrected chi connectivity index (χ0v) is 13.4.